The normalized spacial score (nSPS) is 11.2. The van der Waals surface area contributed by atoms with Crippen LogP contribution in [0.1, 0.15) is 25.8 Å². The van der Waals surface area contributed by atoms with Crippen molar-refractivity contribution in [3.63, 3.8) is 0 Å². The molecule has 0 aliphatic heterocycles. The van der Waals surface area contributed by atoms with Crippen LogP contribution in [-0.4, -0.2) is 12.1 Å². The SMILES string of the molecule is CCC(=O)OC(C)Cc1ccc(F)cc1.Fc1cccc(F)c1. The minimum atomic E-state index is -0.537. The first kappa shape index (κ1) is 18.7. The number of carbonyl (C=O) groups is 1. The van der Waals surface area contributed by atoms with Crippen LogP contribution in [-0.2, 0) is 16.0 Å². The molecule has 0 radical (unpaired) electrons. The van der Waals surface area contributed by atoms with Crippen LogP contribution in [0.3, 0.4) is 0 Å². The zero-order chi connectivity index (χ0) is 17.2. The first-order chi connectivity index (χ1) is 10.9. The maximum atomic E-state index is 12.6. The Morgan fingerprint density at radius 1 is 1.00 bits per heavy atom. The van der Waals surface area contributed by atoms with Crippen LogP contribution in [0.15, 0.2) is 48.5 Å². The van der Waals surface area contributed by atoms with Crippen LogP contribution in [0.4, 0.5) is 13.2 Å². The molecule has 5 heteroatoms. The van der Waals surface area contributed by atoms with Crippen molar-refractivity contribution in [1.29, 1.82) is 0 Å². The van der Waals surface area contributed by atoms with Gasteiger partial charge in [-0.05, 0) is 36.8 Å². The summed E-state index contributed by atoms with van der Waals surface area (Å²) in [6.45, 7) is 3.59. The third-order valence-corrected chi connectivity index (χ3v) is 2.84. The molecule has 0 saturated heterocycles. The van der Waals surface area contributed by atoms with Crippen LogP contribution < -0.4 is 0 Å². The number of esters is 1. The molecule has 0 N–H and O–H groups in total. The Morgan fingerprint density at radius 2 is 1.57 bits per heavy atom. The van der Waals surface area contributed by atoms with E-state index in [-0.39, 0.29) is 17.9 Å². The quantitative estimate of drug-likeness (QED) is 0.764. The lowest BCUT2D eigenvalue weighted by atomic mass is 10.1. The Hall–Kier alpha value is -2.30. The molecule has 0 aromatic heterocycles. The summed E-state index contributed by atoms with van der Waals surface area (Å²) in [7, 11) is 0. The molecule has 2 rings (SSSR count). The highest BCUT2D eigenvalue weighted by Gasteiger charge is 2.08. The Balaban J connectivity index is 0.000000277. The summed E-state index contributed by atoms with van der Waals surface area (Å²) in [5.41, 5.74) is 0.966. The molecule has 2 aromatic carbocycles. The molecule has 124 valence electrons. The van der Waals surface area contributed by atoms with Gasteiger partial charge in [-0.2, -0.15) is 0 Å². The molecule has 0 spiro atoms. The summed E-state index contributed by atoms with van der Waals surface area (Å²) in [4.78, 5) is 11.0. The number of hydrogen-bond acceptors (Lipinski definition) is 2. The fourth-order valence-corrected chi connectivity index (χ4v) is 1.76. The number of carbonyl (C=O) groups excluding carboxylic acids is 1. The van der Waals surface area contributed by atoms with Gasteiger partial charge in [0, 0.05) is 18.9 Å². The smallest absolute Gasteiger partial charge is 0.305 e. The molecule has 0 amide bonds. The molecule has 0 saturated carbocycles. The Kier molecular flexibility index (Phi) is 7.88. The van der Waals surface area contributed by atoms with Gasteiger partial charge in [0.05, 0.1) is 0 Å². The molecule has 2 nitrogen and oxygen atoms in total. The van der Waals surface area contributed by atoms with Crippen molar-refractivity contribution in [1.82, 2.24) is 0 Å². The standard InChI is InChI=1S/C12H15FO2.C6H4F2/c1-3-12(14)15-9(2)8-10-4-6-11(13)7-5-10;7-5-2-1-3-6(8)4-5/h4-7,9H,3,8H2,1-2H3;1-4H. The maximum absolute atomic E-state index is 12.6. The van der Waals surface area contributed by atoms with E-state index < -0.39 is 11.6 Å². The van der Waals surface area contributed by atoms with E-state index in [0.717, 1.165) is 11.6 Å². The number of benzene rings is 2. The lowest BCUT2D eigenvalue weighted by molar-refractivity contribution is -0.147. The van der Waals surface area contributed by atoms with Crippen molar-refractivity contribution in [3.8, 4) is 0 Å². The third-order valence-electron chi connectivity index (χ3n) is 2.84. The molecule has 1 atom stereocenters. The van der Waals surface area contributed by atoms with Gasteiger partial charge in [-0.3, -0.25) is 4.79 Å². The molecule has 0 fully saturated rings. The highest BCUT2D eigenvalue weighted by molar-refractivity contribution is 5.69. The van der Waals surface area contributed by atoms with Gasteiger partial charge < -0.3 is 4.74 Å². The van der Waals surface area contributed by atoms with E-state index in [1.165, 1.54) is 30.3 Å². The van der Waals surface area contributed by atoms with E-state index >= 15 is 0 Å². The van der Waals surface area contributed by atoms with Crippen molar-refractivity contribution < 1.29 is 22.7 Å². The molecular formula is C18H19F3O2. The van der Waals surface area contributed by atoms with Crippen LogP contribution in [0.5, 0.6) is 0 Å². The zero-order valence-electron chi connectivity index (χ0n) is 13.1. The van der Waals surface area contributed by atoms with Crippen LogP contribution in [0.25, 0.3) is 0 Å². The first-order valence-corrected chi connectivity index (χ1v) is 7.25. The topological polar surface area (TPSA) is 26.3 Å². The highest BCUT2D eigenvalue weighted by atomic mass is 19.1. The number of halogens is 3. The molecule has 0 heterocycles. The average Bonchev–Trinajstić information content (AvgIpc) is 2.50. The summed E-state index contributed by atoms with van der Waals surface area (Å²) in [6.07, 6.45) is 0.836. The lowest BCUT2D eigenvalue weighted by Gasteiger charge is -2.12. The lowest BCUT2D eigenvalue weighted by Crippen LogP contribution is -2.16. The van der Waals surface area contributed by atoms with E-state index in [9.17, 15) is 18.0 Å². The Labute approximate surface area is 133 Å². The predicted molar refractivity (Wildman–Crippen MR) is 82.3 cm³/mol. The van der Waals surface area contributed by atoms with Gasteiger partial charge in [-0.1, -0.05) is 25.1 Å². The van der Waals surface area contributed by atoms with Gasteiger partial charge in [0.1, 0.15) is 23.6 Å². The van der Waals surface area contributed by atoms with Crippen molar-refractivity contribution in [2.45, 2.75) is 32.8 Å². The molecule has 0 bridgehead atoms. The molecular weight excluding hydrogens is 305 g/mol. The van der Waals surface area contributed by atoms with Crippen molar-refractivity contribution in [2.24, 2.45) is 0 Å². The number of hydrogen-bond donors (Lipinski definition) is 0. The number of rotatable bonds is 4. The molecule has 0 aliphatic carbocycles. The van der Waals surface area contributed by atoms with Gasteiger partial charge in [-0.15, -0.1) is 0 Å². The summed E-state index contributed by atoms with van der Waals surface area (Å²) in [6, 6.07) is 10.8. The minimum absolute atomic E-state index is 0.164. The van der Waals surface area contributed by atoms with Crippen LogP contribution >= 0.6 is 0 Å². The van der Waals surface area contributed by atoms with Gasteiger partial charge in [0.2, 0.25) is 0 Å². The minimum Gasteiger partial charge on any atom is -0.462 e. The fraction of sp³-hybridized carbons (Fsp3) is 0.278. The van der Waals surface area contributed by atoms with E-state index in [0.29, 0.717) is 12.8 Å². The largest absolute Gasteiger partial charge is 0.462 e. The van der Waals surface area contributed by atoms with Crippen LogP contribution in [0, 0.1) is 17.5 Å². The first-order valence-electron chi connectivity index (χ1n) is 7.25. The molecule has 1 unspecified atom stereocenters. The van der Waals surface area contributed by atoms with Gasteiger partial charge in [0.25, 0.3) is 0 Å². The van der Waals surface area contributed by atoms with Gasteiger partial charge in [0.15, 0.2) is 0 Å². The molecule has 2 aromatic rings. The maximum Gasteiger partial charge on any atom is 0.305 e. The van der Waals surface area contributed by atoms with Crippen LogP contribution in [0.2, 0.25) is 0 Å². The van der Waals surface area contributed by atoms with E-state index in [2.05, 4.69) is 0 Å². The second kappa shape index (κ2) is 9.66. The summed E-state index contributed by atoms with van der Waals surface area (Å²) in [5, 5.41) is 0. The predicted octanol–water partition coefficient (Wildman–Crippen LogP) is 4.67. The van der Waals surface area contributed by atoms with E-state index in [1.807, 2.05) is 6.92 Å². The Bertz CT molecular complexity index is 595. The highest BCUT2D eigenvalue weighted by Crippen LogP contribution is 2.08. The van der Waals surface area contributed by atoms with Gasteiger partial charge >= 0.3 is 5.97 Å². The monoisotopic (exact) mass is 324 g/mol. The second-order valence-electron chi connectivity index (χ2n) is 4.92. The second-order valence-corrected chi connectivity index (χ2v) is 4.92. The zero-order valence-corrected chi connectivity index (χ0v) is 13.1. The van der Waals surface area contributed by atoms with E-state index in [4.69, 9.17) is 4.74 Å². The van der Waals surface area contributed by atoms with E-state index in [1.54, 1.807) is 19.1 Å². The van der Waals surface area contributed by atoms with Crippen molar-refractivity contribution in [2.75, 3.05) is 0 Å². The van der Waals surface area contributed by atoms with Crippen molar-refractivity contribution in [3.05, 3.63) is 71.5 Å². The fourth-order valence-electron chi connectivity index (χ4n) is 1.76. The molecule has 0 aliphatic rings. The Morgan fingerprint density at radius 3 is 2.00 bits per heavy atom. The number of ether oxygens (including phenoxy) is 1. The average molecular weight is 324 g/mol. The third kappa shape index (κ3) is 8.04. The molecule has 23 heavy (non-hydrogen) atoms. The van der Waals surface area contributed by atoms with Gasteiger partial charge in [-0.25, -0.2) is 13.2 Å². The summed E-state index contributed by atoms with van der Waals surface area (Å²) in [5.74, 6) is -1.53. The summed E-state index contributed by atoms with van der Waals surface area (Å²) < 4.78 is 41.6. The summed E-state index contributed by atoms with van der Waals surface area (Å²) >= 11 is 0. The van der Waals surface area contributed by atoms with Crippen molar-refractivity contribution >= 4 is 5.97 Å².